The predicted octanol–water partition coefficient (Wildman–Crippen LogP) is -17.4. The molecule has 14 N–H and O–H groups in total. The van der Waals surface area contributed by atoms with Gasteiger partial charge in [-0.3, -0.25) is 24.2 Å². The van der Waals surface area contributed by atoms with Crippen LogP contribution in [0.25, 0.3) is 0 Å². The van der Waals surface area contributed by atoms with E-state index in [1.165, 1.54) is 42.1 Å². The van der Waals surface area contributed by atoms with Crippen LogP contribution >= 0.6 is 36.7 Å². The molecule has 4 amide bonds. The fourth-order valence-corrected chi connectivity index (χ4v) is 17.0. The van der Waals surface area contributed by atoms with Crippen LogP contribution < -0.4 is 47.0 Å². The SMILES string of the molecule is CO[C@@H]1OC(CO)[C@H](C)[C@H](O[C@@H]2OC(C(=O)[O-])[C@@H](OC)[C@H](O)C2O)C1NC(C)=O.CO[C@@H]1OC(CO)[C@H](O)[C@H](O[C@@H]2OC(C(=O)[O-])[C@@H](OC)[C@H](SOO[O-])C2S(=O)(=O)[O-])C1NC(C)=O.CO[C@@H]1OC(COOOS[O-])[C@H](C)[C@H](O[C@@H]2OC(C(=O)[O-])[C@@H](OC)[C@H](O)C2O)C1NC(C)=O.CO[C@@H]1OC(COOOS[O-])[C@H](O)[C@H](O[C@@H]2OC(C(=O)[O-])[C@@H](OC)[C@H](O)C2O)C1NC(C)=O. The van der Waals surface area contributed by atoms with Crippen molar-refractivity contribution in [1.82, 2.24) is 21.3 Å². The van der Waals surface area contributed by atoms with Crippen molar-refractivity contribution in [2.45, 2.75) is 273 Å². The number of carboxylic acids is 4. The van der Waals surface area contributed by atoms with Gasteiger partial charge in [-0.1, -0.05) is 48.6 Å². The van der Waals surface area contributed by atoms with Crippen LogP contribution in [-0.2, 0) is 181 Å². The maximum atomic E-state index is 12.2. The van der Waals surface area contributed by atoms with Crippen LogP contribution in [0.15, 0.2) is 0 Å². The molecule has 8 saturated heterocycles. The van der Waals surface area contributed by atoms with Crippen molar-refractivity contribution in [1.29, 1.82) is 0 Å². The number of rotatable bonds is 40. The van der Waals surface area contributed by atoms with Gasteiger partial charge in [-0.15, -0.1) is 8.67 Å². The minimum absolute atomic E-state index is 0.0373. The summed E-state index contributed by atoms with van der Waals surface area (Å²) >= 11 is -0.772. The number of nitrogens with one attached hydrogen (secondary N) is 4. The second kappa shape index (κ2) is 55.5. The van der Waals surface area contributed by atoms with E-state index in [0.29, 0.717) is 0 Å². The van der Waals surface area contributed by atoms with Crippen molar-refractivity contribution in [3.8, 4) is 0 Å². The minimum atomic E-state index is -5.43. The number of hydrogen-bond acceptors (Lipinski definition) is 59. The van der Waals surface area contributed by atoms with E-state index < -0.39 is 326 Å². The highest BCUT2D eigenvalue weighted by Crippen LogP contribution is 2.41. The van der Waals surface area contributed by atoms with E-state index in [4.69, 9.17) is 99.6 Å². The molecular formula is C66H104N4O56S4-8. The largest absolute Gasteiger partial charge is 0.774 e. The van der Waals surface area contributed by atoms with E-state index in [9.17, 15) is 137 Å². The monoisotopic (exact) mass is 1980 g/mol. The molecule has 8 aliphatic rings. The van der Waals surface area contributed by atoms with E-state index in [1.807, 2.05) is 0 Å². The van der Waals surface area contributed by atoms with Crippen LogP contribution in [-0.4, -0.2) is 435 Å². The van der Waals surface area contributed by atoms with Crippen molar-refractivity contribution in [3.05, 3.63) is 0 Å². The van der Waals surface area contributed by atoms with Gasteiger partial charge < -0.3 is 226 Å². The van der Waals surface area contributed by atoms with Crippen LogP contribution in [0.4, 0.5) is 0 Å². The number of amides is 4. The standard InChI is InChI=1S/C17H29NO14S.C17H29NO11.C16H27NO16S2.C16H27NO15S/c1-6-8(5-27-31-32-33-24)28-16(26-4)9(18-7(2)19)12(6)29-17-11(21)10(20)13(25-3)14(30-17)15(22)23;1-6-8(5-19)27-16(26-4)9(18-7(2)20)12(6)28-17-11(22)10(21)13(25-3)14(29-17)15(23)24;1-5(19)17-7-9(8(20)6(4-18)29-15(7)28-3)30-16-13(35(24,25)26)12(34-33-32-23)10(27-2)11(31-16)14(21)22;1-5(18)17-7-11(8(19)6(28-15(7)26-3)4-27-31-32-33-24)29-16-10(21)9(20)12(25-2)13(30-16)14(22)23/h6,8-14,16-17,20-21,24H,5H2,1-4H3,(H,18,19)(H,22,23);6,8-14,16-17,19,21-22H,5H2,1-4H3,(H,18,20)(H,23,24);6-13,15-16,18,20,23H,4H2,1-3H3,(H,17,19)(H,21,22)(H,24,25,26);6-13,15-16,19-21,24H,4H2,1-3H3,(H,17,18)(H,22,23)/p-8/t2*6-,8?,9?,10+,11?,12-,13-,14?,16+,17+;6?,7?,8-,9+,10+,11?,12-,13?,15+,16+;6?,7?,8-,9+,10?,11+,12-,13?,15+,16+/m0000/s1. The first-order valence-electron chi connectivity index (χ1n) is 38.1. The third-order valence-electron chi connectivity index (χ3n) is 20.7. The smallest absolute Gasteiger partial charge is 0.217 e. The summed E-state index contributed by atoms with van der Waals surface area (Å²) in [5.74, 6) is -10.2. The Labute approximate surface area is 750 Å². The first-order chi connectivity index (χ1) is 61.4. The molecule has 0 spiro atoms. The molecule has 0 radical (unpaired) electrons. The highest BCUT2D eigenvalue weighted by atomic mass is 32.2. The second-order valence-corrected chi connectivity index (χ2v) is 31.8. The Bertz CT molecular complexity index is 3470. The Morgan fingerprint density at radius 3 is 0.954 bits per heavy atom. The van der Waals surface area contributed by atoms with Crippen LogP contribution in [0.5, 0.6) is 0 Å². The molecule has 60 nitrogen and oxygen atoms in total. The lowest BCUT2D eigenvalue weighted by atomic mass is 9.88. The van der Waals surface area contributed by atoms with E-state index in [-0.39, 0.29) is 37.6 Å². The number of ether oxygens (including phenoxy) is 20. The van der Waals surface area contributed by atoms with Crippen molar-refractivity contribution in [2.24, 2.45) is 11.8 Å². The quantitative estimate of drug-likeness (QED) is 0.00891. The summed E-state index contributed by atoms with van der Waals surface area (Å²) in [5.41, 5.74) is 0. The van der Waals surface area contributed by atoms with Gasteiger partial charge >= 0.3 is 0 Å². The summed E-state index contributed by atoms with van der Waals surface area (Å²) in [6.45, 7) is 6.17. The van der Waals surface area contributed by atoms with Gasteiger partial charge in [0.15, 0.2) is 50.3 Å². The lowest BCUT2D eigenvalue weighted by Gasteiger charge is -2.49. The molecule has 8 fully saturated rings. The molecule has 0 aromatic heterocycles. The average Bonchev–Trinajstić information content (AvgIpc) is 0.757. The molecule has 8 heterocycles. The third-order valence-corrected chi connectivity index (χ3v) is 23.2. The van der Waals surface area contributed by atoms with E-state index in [2.05, 4.69) is 54.3 Å². The average molecular weight is 1980 g/mol. The molecule has 16 unspecified atom stereocenters. The maximum Gasteiger partial charge on any atom is 0.217 e. The molecule has 130 heavy (non-hydrogen) atoms. The lowest BCUT2D eigenvalue weighted by molar-refractivity contribution is -0.777. The van der Waals surface area contributed by atoms with Crippen molar-refractivity contribution in [3.63, 3.8) is 0 Å². The molecular weight excluding hydrogens is 1870 g/mol. The molecule has 8 aliphatic heterocycles. The zero-order valence-corrected chi connectivity index (χ0v) is 74.1. The van der Waals surface area contributed by atoms with E-state index in [1.54, 1.807) is 13.8 Å². The Balaban J connectivity index is 0.000000308. The minimum Gasteiger partial charge on any atom is -0.774 e. The number of carbonyl (C=O) groups is 8. The van der Waals surface area contributed by atoms with E-state index in [0.717, 1.165) is 42.5 Å². The van der Waals surface area contributed by atoms with Gasteiger partial charge in [0.2, 0.25) is 23.6 Å². The maximum absolute atomic E-state index is 12.2. The lowest BCUT2D eigenvalue weighted by Crippen LogP contribution is -2.69. The number of aliphatic carboxylic acids is 4. The van der Waals surface area contributed by atoms with Crippen molar-refractivity contribution < 1.29 is 270 Å². The number of aliphatic hydroxyl groups excluding tert-OH is 10. The number of methoxy groups -OCH3 is 8. The third kappa shape index (κ3) is 30.5. The van der Waals surface area contributed by atoms with Gasteiger partial charge in [-0.05, 0) is 0 Å². The van der Waals surface area contributed by atoms with Gasteiger partial charge in [0.05, 0.1) is 66.8 Å². The van der Waals surface area contributed by atoms with Gasteiger partial charge in [-0.25, -0.2) is 18.2 Å². The molecule has 0 aromatic rings. The number of carbonyl (C=O) groups excluding carboxylic acids is 8. The van der Waals surface area contributed by atoms with Gasteiger partial charge in [0.25, 0.3) is 0 Å². The van der Waals surface area contributed by atoms with Gasteiger partial charge in [0.1, 0.15) is 175 Å². The van der Waals surface area contributed by atoms with Crippen LogP contribution in [0.2, 0.25) is 0 Å². The molecule has 8 rings (SSSR count). The van der Waals surface area contributed by atoms with Crippen molar-refractivity contribution in [2.75, 3.05) is 83.3 Å². The molecule has 0 aliphatic carbocycles. The topological polar surface area (TPSA) is 864 Å². The number of carboxylic acid groups (broad SMARTS) is 4. The highest BCUT2D eigenvalue weighted by molar-refractivity contribution is 7.96. The summed E-state index contributed by atoms with van der Waals surface area (Å²) in [6.07, 6.45) is -48.1. The zero-order chi connectivity index (χ0) is 97.8. The summed E-state index contributed by atoms with van der Waals surface area (Å²) < 4.78 is 176. The second-order valence-electron chi connectivity index (χ2n) is 28.8. The molecule has 40 atom stereocenters. The highest BCUT2D eigenvalue weighted by Gasteiger charge is 2.59. The van der Waals surface area contributed by atoms with Gasteiger partial charge in [-0.2, -0.15) is 4.33 Å². The molecule has 64 heteroatoms. The summed E-state index contributed by atoms with van der Waals surface area (Å²) in [4.78, 5) is 102. The summed E-state index contributed by atoms with van der Waals surface area (Å²) in [6, 6.07) is -4.36. The first-order valence-corrected chi connectivity index (χ1v) is 41.7. The van der Waals surface area contributed by atoms with Crippen LogP contribution in [0, 0.1) is 11.8 Å². The number of hydrogen-bond donors (Lipinski definition) is 14. The Morgan fingerprint density at radius 2 is 0.646 bits per heavy atom. The summed E-state index contributed by atoms with van der Waals surface area (Å²) in [5, 5.41) is 177. The Morgan fingerprint density at radius 1 is 0.362 bits per heavy atom. The van der Waals surface area contributed by atoms with Crippen LogP contribution in [0.3, 0.4) is 0 Å². The van der Waals surface area contributed by atoms with Crippen molar-refractivity contribution >= 4 is 94.3 Å². The first kappa shape index (κ1) is 116. The van der Waals surface area contributed by atoms with E-state index >= 15 is 0 Å². The Kier molecular flexibility index (Phi) is 49.3. The Hall–Kier alpha value is -4.92. The molecule has 0 saturated carbocycles. The molecule has 0 aromatic carbocycles. The predicted molar refractivity (Wildman–Crippen MR) is 391 cm³/mol. The summed E-state index contributed by atoms with van der Waals surface area (Å²) in [7, 11) is 3.97. The molecule has 756 valence electrons. The zero-order valence-electron chi connectivity index (χ0n) is 70.8. The fraction of sp³-hybridized carbons (Fsp3) is 0.879. The van der Waals surface area contributed by atoms with Crippen LogP contribution in [0.1, 0.15) is 41.5 Å². The van der Waals surface area contributed by atoms with Gasteiger partial charge in [0, 0.05) is 108 Å². The normalized spacial score (nSPS) is 39.8. The fourth-order valence-electron chi connectivity index (χ4n) is 14.7. The number of aliphatic hydroxyl groups is 10. The molecule has 0 bridgehead atoms.